The van der Waals surface area contributed by atoms with E-state index in [1.807, 2.05) is 59.0 Å². The largest absolute Gasteiger partial charge is 0.486 e. The van der Waals surface area contributed by atoms with Gasteiger partial charge in [0.15, 0.2) is 0 Å². The zero-order valence-corrected chi connectivity index (χ0v) is 21.7. The molecule has 0 radical (unpaired) electrons. The third-order valence-electron chi connectivity index (χ3n) is 6.05. The number of carbonyl (C=O) groups is 1. The summed E-state index contributed by atoms with van der Waals surface area (Å²) in [5.74, 6) is 0.503. The molecule has 182 valence electrons. The van der Waals surface area contributed by atoms with Crippen molar-refractivity contribution in [2.45, 2.75) is 54.2 Å². The van der Waals surface area contributed by atoms with Crippen molar-refractivity contribution in [2.24, 2.45) is 5.92 Å². The van der Waals surface area contributed by atoms with Crippen molar-refractivity contribution in [1.82, 2.24) is 20.3 Å². The Hall–Kier alpha value is -3.38. The molecule has 0 saturated carbocycles. The van der Waals surface area contributed by atoms with Gasteiger partial charge in [-0.15, -0.1) is 0 Å². The highest BCUT2D eigenvalue weighted by Crippen LogP contribution is 2.35. The number of benzene rings is 1. The Kier molecular flexibility index (Phi) is 7.13. The number of rotatable bonds is 7. The highest BCUT2D eigenvalue weighted by molar-refractivity contribution is 6.31. The number of fused-ring (bicyclic) bond motifs is 1. The Bertz CT molecular complexity index is 1390. The predicted octanol–water partition coefficient (Wildman–Crippen LogP) is 6.62. The summed E-state index contributed by atoms with van der Waals surface area (Å²) in [5, 5.41) is 4.59. The number of carbonyl (C=O) groups excluding carboxylic acids is 1. The smallest absolute Gasteiger partial charge is 0.223 e. The van der Waals surface area contributed by atoms with E-state index in [0.717, 1.165) is 39.1 Å². The number of aromatic amines is 1. The van der Waals surface area contributed by atoms with E-state index in [9.17, 15) is 4.79 Å². The van der Waals surface area contributed by atoms with E-state index in [-0.39, 0.29) is 24.5 Å². The van der Waals surface area contributed by atoms with Crippen molar-refractivity contribution in [3.8, 4) is 17.0 Å². The lowest BCUT2D eigenvalue weighted by Crippen LogP contribution is -2.31. The predicted molar refractivity (Wildman–Crippen MR) is 141 cm³/mol. The van der Waals surface area contributed by atoms with Gasteiger partial charge in [-0.25, -0.2) is 4.98 Å². The molecule has 4 rings (SSSR count). The fourth-order valence-corrected chi connectivity index (χ4v) is 4.50. The molecule has 0 aliphatic rings. The van der Waals surface area contributed by atoms with Crippen LogP contribution in [0.25, 0.3) is 22.2 Å². The Morgan fingerprint density at radius 3 is 2.51 bits per heavy atom. The maximum Gasteiger partial charge on any atom is 0.223 e. The Balaban J connectivity index is 1.71. The lowest BCUT2D eigenvalue weighted by Gasteiger charge is -2.20. The van der Waals surface area contributed by atoms with Crippen molar-refractivity contribution in [2.75, 3.05) is 0 Å². The molecule has 7 heteroatoms. The molecule has 1 unspecified atom stereocenters. The summed E-state index contributed by atoms with van der Waals surface area (Å²) in [6, 6.07) is 11.6. The van der Waals surface area contributed by atoms with Crippen LogP contribution in [0.3, 0.4) is 0 Å². The number of para-hydroxylation sites is 1. The minimum Gasteiger partial charge on any atom is -0.486 e. The van der Waals surface area contributed by atoms with Gasteiger partial charge in [0.05, 0.1) is 16.8 Å². The lowest BCUT2D eigenvalue weighted by atomic mass is 10.0. The van der Waals surface area contributed by atoms with Gasteiger partial charge >= 0.3 is 0 Å². The summed E-state index contributed by atoms with van der Waals surface area (Å²) in [5.41, 5.74) is 7.25. The summed E-state index contributed by atoms with van der Waals surface area (Å²) >= 11 is 6.65. The van der Waals surface area contributed by atoms with Gasteiger partial charge in [-0.3, -0.25) is 9.78 Å². The molecule has 0 bridgehead atoms. The number of amides is 1. The number of pyridine rings is 2. The molecule has 35 heavy (non-hydrogen) atoms. The third kappa shape index (κ3) is 5.17. The summed E-state index contributed by atoms with van der Waals surface area (Å²) in [6.07, 6.45) is 1.94. The van der Waals surface area contributed by atoms with Crippen molar-refractivity contribution in [3.63, 3.8) is 0 Å². The van der Waals surface area contributed by atoms with E-state index in [1.165, 1.54) is 5.56 Å². The molecular formula is C28H31ClN4O2. The molecule has 1 aromatic carbocycles. The summed E-state index contributed by atoms with van der Waals surface area (Å²) in [7, 11) is 0. The molecule has 0 spiro atoms. The highest BCUT2D eigenvalue weighted by Gasteiger charge is 2.21. The number of hydrogen-bond acceptors (Lipinski definition) is 4. The van der Waals surface area contributed by atoms with Crippen LogP contribution in [0.5, 0.6) is 5.75 Å². The molecule has 3 aromatic heterocycles. The van der Waals surface area contributed by atoms with E-state index in [1.54, 1.807) is 0 Å². The van der Waals surface area contributed by atoms with Crippen LogP contribution in [0, 0.1) is 26.7 Å². The van der Waals surface area contributed by atoms with Gasteiger partial charge < -0.3 is 15.0 Å². The number of H-pyrrole nitrogens is 1. The summed E-state index contributed by atoms with van der Waals surface area (Å²) < 4.78 is 6.32. The fourth-order valence-electron chi connectivity index (χ4n) is 4.19. The van der Waals surface area contributed by atoms with Gasteiger partial charge in [0.1, 0.15) is 17.9 Å². The SMILES string of the molecule is Cc1cc(Cl)c(COc2cccc3c(-c4[nH]ccc4C)cc(C)nc23)c(C(C)NC(=O)C(C)C)n1. The van der Waals surface area contributed by atoms with Crippen molar-refractivity contribution >= 4 is 28.4 Å². The van der Waals surface area contributed by atoms with Gasteiger partial charge in [-0.05, 0) is 57.5 Å². The second-order valence-electron chi connectivity index (χ2n) is 9.28. The van der Waals surface area contributed by atoms with E-state index >= 15 is 0 Å². The Labute approximate surface area is 211 Å². The standard InChI is InChI=1S/C28H31ClN4O2/c1-15(2)28(34)33-19(6)26-22(23(29)13-18(5)31-26)14-35-24-9-7-8-20-21(12-17(4)32-27(20)24)25-16(3)10-11-30-25/h7-13,15,19,30H,14H2,1-6H3,(H,33,34). The molecule has 4 aromatic rings. The molecule has 0 aliphatic heterocycles. The quantitative estimate of drug-likeness (QED) is 0.305. The average Bonchev–Trinajstić information content (AvgIpc) is 3.23. The van der Waals surface area contributed by atoms with E-state index in [4.69, 9.17) is 26.3 Å². The van der Waals surface area contributed by atoms with Gasteiger partial charge in [0, 0.05) is 45.7 Å². The minimum absolute atomic E-state index is 0.0373. The lowest BCUT2D eigenvalue weighted by molar-refractivity contribution is -0.124. The molecule has 2 N–H and O–H groups in total. The number of nitrogens with zero attached hydrogens (tertiary/aromatic N) is 2. The Morgan fingerprint density at radius 2 is 1.83 bits per heavy atom. The number of aromatic nitrogens is 3. The molecular weight excluding hydrogens is 460 g/mol. The topological polar surface area (TPSA) is 79.9 Å². The summed E-state index contributed by atoms with van der Waals surface area (Å²) in [4.78, 5) is 25.1. The van der Waals surface area contributed by atoms with Crippen LogP contribution in [0.1, 0.15) is 55.0 Å². The number of aryl methyl sites for hydroxylation is 3. The van der Waals surface area contributed by atoms with Crippen LogP contribution in [0.15, 0.2) is 42.6 Å². The van der Waals surface area contributed by atoms with Gasteiger partial charge in [0.2, 0.25) is 5.91 Å². The normalized spacial score (nSPS) is 12.2. The van der Waals surface area contributed by atoms with E-state index < -0.39 is 0 Å². The molecule has 0 saturated heterocycles. The molecule has 1 amide bonds. The van der Waals surface area contributed by atoms with Crippen molar-refractivity contribution in [1.29, 1.82) is 0 Å². The summed E-state index contributed by atoms with van der Waals surface area (Å²) in [6.45, 7) is 11.8. The monoisotopic (exact) mass is 490 g/mol. The van der Waals surface area contributed by atoms with E-state index in [2.05, 4.69) is 35.4 Å². The zero-order valence-electron chi connectivity index (χ0n) is 21.0. The van der Waals surface area contributed by atoms with Crippen LogP contribution in [-0.2, 0) is 11.4 Å². The molecule has 1 atom stereocenters. The number of hydrogen-bond donors (Lipinski definition) is 2. The van der Waals surface area contributed by atoms with Crippen molar-refractivity contribution < 1.29 is 9.53 Å². The second kappa shape index (κ2) is 10.1. The number of halogens is 1. The van der Waals surface area contributed by atoms with Crippen LogP contribution >= 0.6 is 11.6 Å². The maximum absolute atomic E-state index is 12.3. The molecule has 0 fully saturated rings. The first-order valence-corrected chi connectivity index (χ1v) is 12.2. The first kappa shape index (κ1) is 24.7. The number of ether oxygens (including phenoxy) is 1. The van der Waals surface area contributed by atoms with Gasteiger partial charge in [-0.2, -0.15) is 0 Å². The van der Waals surface area contributed by atoms with Crippen LogP contribution < -0.4 is 10.1 Å². The number of nitrogens with one attached hydrogen (secondary N) is 2. The molecule has 3 heterocycles. The minimum atomic E-state index is -0.309. The van der Waals surface area contributed by atoms with Crippen LogP contribution in [0.2, 0.25) is 5.02 Å². The van der Waals surface area contributed by atoms with Crippen LogP contribution in [-0.4, -0.2) is 20.9 Å². The van der Waals surface area contributed by atoms with Crippen LogP contribution in [0.4, 0.5) is 0 Å². The third-order valence-corrected chi connectivity index (χ3v) is 6.39. The maximum atomic E-state index is 12.3. The van der Waals surface area contributed by atoms with Gasteiger partial charge in [0.25, 0.3) is 0 Å². The van der Waals surface area contributed by atoms with Crippen molar-refractivity contribution in [3.05, 3.63) is 75.8 Å². The van der Waals surface area contributed by atoms with E-state index in [0.29, 0.717) is 16.5 Å². The zero-order chi connectivity index (χ0) is 25.3. The molecule has 6 nitrogen and oxygen atoms in total. The first-order chi connectivity index (χ1) is 16.7. The molecule has 0 aliphatic carbocycles. The first-order valence-electron chi connectivity index (χ1n) is 11.8. The highest BCUT2D eigenvalue weighted by atomic mass is 35.5. The second-order valence-corrected chi connectivity index (χ2v) is 9.69. The fraction of sp³-hybridized carbons (Fsp3) is 0.321. The van der Waals surface area contributed by atoms with Gasteiger partial charge in [-0.1, -0.05) is 37.6 Å². The average molecular weight is 491 g/mol. The Morgan fingerprint density at radius 1 is 1.09 bits per heavy atom.